The largest absolute Gasteiger partial charge is 0.475 e. The lowest BCUT2D eigenvalue weighted by molar-refractivity contribution is 0.131. The fourth-order valence-electron chi connectivity index (χ4n) is 1.79. The minimum Gasteiger partial charge on any atom is -0.287 e. The third kappa shape index (κ3) is 7.58. The fraction of sp³-hybridized carbons (Fsp3) is 0.500. The number of phosphoric acid groups is 1. The van der Waals surface area contributed by atoms with Crippen LogP contribution in [0.5, 0.6) is 0 Å². The van der Waals surface area contributed by atoms with Gasteiger partial charge in [0.05, 0.1) is 19.8 Å². The number of aryl methyl sites for hydroxylation is 1. The summed E-state index contributed by atoms with van der Waals surface area (Å²) in [7, 11) is -3.40. The Morgan fingerprint density at radius 1 is 1.10 bits per heavy atom. The Hall–Kier alpha value is -0.930. The summed E-state index contributed by atoms with van der Waals surface area (Å²) in [5, 5.41) is 0. The van der Waals surface area contributed by atoms with E-state index < -0.39 is 7.82 Å². The van der Waals surface area contributed by atoms with Gasteiger partial charge in [0.1, 0.15) is 0 Å². The molecule has 0 radical (unpaired) electrons. The van der Waals surface area contributed by atoms with Crippen molar-refractivity contribution in [3.8, 4) is 0 Å². The minimum atomic E-state index is -3.40. The van der Waals surface area contributed by atoms with Gasteiger partial charge in [0, 0.05) is 0 Å². The molecule has 0 aromatic heterocycles. The first-order valence-electron chi connectivity index (χ1n) is 7.33. The molecule has 0 saturated carbocycles. The molecular weight excluding hydrogens is 287 g/mol. The Kier molecular flexibility index (Phi) is 8.55. The van der Waals surface area contributed by atoms with Crippen LogP contribution in [0.2, 0.25) is 0 Å². The van der Waals surface area contributed by atoms with Gasteiger partial charge in [-0.25, -0.2) is 4.57 Å². The quantitative estimate of drug-likeness (QED) is 0.461. The zero-order valence-corrected chi connectivity index (χ0v) is 14.0. The van der Waals surface area contributed by atoms with E-state index >= 15 is 0 Å². The number of phosphoric ester groups is 1. The highest BCUT2D eigenvalue weighted by Crippen LogP contribution is 2.49. The monoisotopic (exact) mass is 312 g/mol. The van der Waals surface area contributed by atoms with E-state index in [9.17, 15) is 4.57 Å². The summed E-state index contributed by atoms with van der Waals surface area (Å²) < 4.78 is 27.5. The van der Waals surface area contributed by atoms with E-state index in [-0.39, 0.29) is 6.61 Å². The molecule has 0 unspecified atom stereocenters. The van der Waals surface area contributed by atoms with Crippen LogP contribution >= 0.6 is 7.82 Å². The summed E-state index contributed by atoms with van der Waals surface area (Å²) in [4.78, 5) is 0. The van der Waals surface area contributed by atoms with Crippen molar-refractivity contribution >= 4 is 7.82 Å². The smallest absolute Gasteiger partial charge is 0.287 e. The normalized spacial score (nSPS) is 12.6. The Morgan fingerprint density at radius 3 is 2.29 bits per heavy atom. The van der Waals surface area contributed by atoms with Crippen molar-refractivity contribution in [1.82, 2.24) is 0 Å². The highest BCUT2D eigenvalue weighted by atomic mass is 31.2. The average Bonchev–Trinajstić information content (AvgIpc) is 2.47. The van der Waals surface area contributed by atoms with E-state index in [1.54, 1.807) is 13.8 Å². The molecule has 0 fully saturated rings. The molecule has 0 N–H and O–H groups in total. The molecule has 118 valence electrons. The second-order valence-electron chi connectivity index (χ2n) is 4.61. The van der Waals surface area contributed by atoms with Crippen LogP contribution in [-0.4, -0.2) is 19.8 Å². The number of rotatable bonds is 10. The molecule has 0 aliphatic rings. The van der Waals surface area contributed by atoms with Gasteiger partial charge >= 0.3 is 7.82 Å². The van der Waals surface area contributed by atoms with E-state index in [0.717, 1.165) is 12.8 Å². The van der Waals surface area contributed by atoms with Gasteiger partial charge in [0.2, 0.25) is 0 Å². The molecule has 4 nitrogen and oxygen atoms in total. The molecule has 0 aliphatic carbocycles. The molecule has 0 saturated heterocycles. The van der Waals surface area contributed by atoms with E-state index in [0.29, 0.717) is 13.2 Å². The van der Waals surface area contributed by atoms with E-state index in [1.165, 1.54) is 11.1 Å². The van der Waals surface area contributed by atoms with E-state index in [1.807, 2.05) is 31.2 Å². The lowest BCUT2D eigenvalue weighted by atomic mass is 10.1. The van der Waals surface area contributed by atoms with Crippen LogP contribution in [0.1, 0.15) is 32.8 Å². The maximum absolute atomic E-state index is 12.1. The zero-order valence-electron chi connectivity index (χ0n) is 13.1. The topological polar surface area (TPSA) is 44.8 Å². The first-order chi connectivity index (χ1) is 10.1. The first-order valence-corrected chi connectivity index (χ1v) is 8.79. The average molecular weight is 312 g/mol. The minimum absolute atomic E-state index is 0.234. The summed E-state index contributed by atoms with van der Waals surface area (Å²) in [5.74, 6) is 0. The number of allylic oxidation sites excluding steroid dienone is 1. The molecule has 0 amide bonds. The Morgan fingerprint density at radius 2 is 1.71 bits per heavy atom. The van der Waals surface area contributed by atoms with E-state index in [4.69, 9.17) is 13.6 Å². The standard InChI is InChI=1S/C16H25O4P/c1-4-18-21(17,19-5-2)20-14-13-15(3)11-12-16-9-7-6-8-10-16/h6-10,13H,4-5,11-12,14H2,1-3H3/b15-13-. The predicted octanol–water partition coefficient (Wildman–Crippen LogP) is 4.76. The summed E-state index contributed by atoms with van der Waals surface area (Å²) >= 11 is 0. The van der Waals surface area contributed by atoms with Crippen LogP contribution in [0.15, 0.2) is 42.0 Å². The van der Waals surface area contributed by atoms with Crippen molar-refractivity contribution in [2.24, 2.45) is 0 Å². The SMILES string of the molecule is CCOP(=O)(OCC)OC/C=C(/C)CCc1ccccc1. The van der Waals surface area contributed by atoms with Crippen molar-refractivity contribution in [2.45, 2.75) is 33.6 Å². The second-order valence-corrected chi connectivity index (χ2v) is 6.28. The lowest BCUT2D eigenvalue weighted by Crippen LogP contribution is -2.00. The number of hydrogen-bond acceptors (Lipinski definition) is 4. The molecule has 0 bridgehead atoms. The molecule has 5 heteroatoms. The fourth-order valence-corrected chi connectivity index (χ4v) is 2.90. The molecule has 1 aromatic rings. The number of benzene rings is 1. The van der Waals surface area contributed by atoms with Gasteiger partial charge < -0.3 is 0 Å². The Labute approximate surface area is 127 Å². The highest BCUT2D eigenvalue weighted by Gasteiger charge is 2.24. The highest BCUT2D eigenvalue weighted by molar-refractivity contribution is 7.48. The summed E-state index contributed by atoms with van der Waals surface area (Å²) in [6.45, 7) is 6.39. The van der Waals surface area contributed by atoms with Crippen LogP contribution in [0, 0.1) is 0 Å². The second kappa shape index (κ2) is 9.91. The maximum atomic E-state index is 12.1. The molecule has 1 rings (SSSR count). The summed E-state index contributed by atoms with van der Waals surface area (Å²) in [6.07, 6.45) is 3.85. The third-order valence-electron chi connectivity index (χ3n) is 2.89. The van der Waals surface area contributed by atoms with Crippen molar-refractivity contribution in [1.29, 1.82) is 0 Å². The van der Waals surface area contributed by atoms with Gasteiger partial charge in [-0.3, -0.25) is 13.6 Å². The van der Waals surface area contributed by atoms with Crippen molar-refractivity contribution < 1.29 is 18.1 Å². The predicted molar refractivity (Wildman–Crippen MR) is 85.3 cm³/mol. The van der Waals surface area contributed by atoms with Crippen LogP contribution in [0.3, 0.4) is 0 Å². The van der Waals surface area contributed by atoms with Gasteiger partial charge in [-0.15, -0.1) is 0 Å². The molecule has 1 aromatic carbocycles. The summed E-state index contributed by atoms with van der Waals surface area (Å²) in [5.41, 5.74) is 2.50. The van der Waals surface area contributed by atoms with Crippen molar-refractivity contribution in [2.75, 3.05) is 19.8 Å². The molecule has 21 heavy (non-hydrogen) atoms. The van der Waals surface area contributed by atoms with Crippen molar-refractivity contribution in [3.05, 3.63) is 47.5 Å². The number of hydrogen-bond donors (Lipinski definition) is 0. The molecular formula is C16H25O4P. The van der Waals surface area contributed by atoms with Gasteiger partial charge in [0.15, 0.2) is 0 Å². The maximum Gasteiger partial charge on any atom is 0.475 e. The van der Waals surface area contributed by atoms with Crippen LogP contribution in [0.25, 0.3) is 0 Å². The van der Waals surface area contributed by atoms with Crippen LogP contribution in [0.4, 0.5) is 0 Å². The lowest BCUT2D eigenvalue weighted by Gasteiger charge is -2.15. The third-order valence-corrected chi connectivity index (χ3v) is 4.50. The molecule has 0 atom stereocenters. The molecule has 0 heterocycles. The van der Waals surface area contributed by atoms with Gasteiger partial charge in [-0.05, 0) is 39.2 Å². The Balaban J connectivity index is 2.39. The van der Waals surface area contributed by atoms with E-state index in [2.05, 4.69) is 12.1 Å². The van der Waals surface area contributed by atoms with Crippen LogP contribution < -0.4 is 0 Å². The van der Waals surface area contributed by atoms with Gasteiger partial charge in [-0.2, -0.15) is 0 Å². The van der Waals surface area contributed by atoms with Gasteiger partial charge in [-0.1, -0.05) is 42.0 Å². The zero-order chi connectivity index (χ0) is 15.6. The first kappa shape index (κ1) is 18.1. The molecule has 0 aliphatic heterocycles. The Bertz CT molecular complexity index is 460. The van der Waals surface area contributed by atoms with Crippen molar-refractivity contribution in [3.63, 3.8) is 0 Å². The van der Waals surface area contributed by atoms with Crippen LogP contribution in [-0.2, 0) is 24.6 Å². The summed E-state index contributed by atoms with van der Waals surface area (Å²) in [6, 6.07) is 10.3. The molecule has 0 spiro atoms. The van der Waals surface area contributed by atoms with Gasteiger partial charge in [0.25, 0.3) is 0 Å².